The molecule has 1 saturated carbocycles. The summed E-state index contributed by atoms with van der Waals surface area (Å²) < 4.78 is 13.6. The van der Waals surface area contributed by atoms with Crippen LogP contribution in [-0.4, -0.2) is 28.6 Å². The number of aryl methyl sites for hydroxylation is 1. The summed E-state index contributed by atoms with van der Waals surface area (Å²) in [5, 5.41) is 0.734. The quantitative estimate of drug-likeness (QED) is 0.786. The van der Waals surface area contributed by atoms with Gasteiger partial charge in [-0.25, -0.2) is 4.98 Å². The maximum absolute atomic E-state index is 13.1. The standard InChI is InChI=1S/C21H26N2O3/c24-20-17-7-6-16(15-4-2-1-3-5-15)14-18(17)22-19-8-9-21(10-11-23(19)20)25-12-13-26-21/h6-7,14-15H,1-5,8-13H2. The molecular formula is C21H26N2O3. The Kier molecular flexibility index (Phi) is 4.09. The zero-order chi connectivity index (χ0) is 17.6. The van der Waals surface area contributed by atoms with Gasteiger partial charge in [0.15, 0.2) is 5.79 Å². The molecule has 2 aliphatic heterocycles. The Morgan fingerprint density at radius 1 is 1.08 bits per heavy atom. The molecule has 0 N–H and O–H groups in total. The van der Waals surface area contributed by atoms with Crippen molar-refractivity contribution < 1.29 is 9.47 Å². The summed E-state index contributed by atoms with van der Waals surface area (Å²) in [5.41, 5.74) is 2.28. The first kappa shape index (κ1) is 16.5. The van der Waals surface area contributed by atoms with E-state index in [1.165, 1.54) is 37.7 Å². The fraction of sp³-hybridized carbons (Fsp3) is 0.619. The van der Waals surface area contributed by atoms with Crippen molar-refractivity contribution in [1.29, 1.82) is 0 Å². The van der Waals surface area contributed by atoms with Crippen LogP contribution in [0.3, 0.4) is 0 Å². The molecule has 5 heteroatoms. The van der Waals surface area contributed by atoms with E-state index in [4.69, 9.17) is 14.5 Å². The van der Waals surface area contributed by atoms with Crippen molar-refractivity contribution >= 4 is 10.9 Å². The van der Waals surface area contributed by atoms with E-state index in [1.54, 1.807) is 0 Å². The molecule has 0 bridgehead atoms. The predicted octanol–water partition coefficient (Wildman–Crippen LogP) is 3.52. The normalized spacial score (nSPS) is 23.2. The highest BCUT2D eigenvalue weighted by molar-refractivity contribution is 5.78. The van der Waals surface area contributed by atoms with Crippen molar-refractivity contribution in [1.82, 2.24) is 9.55 Å². The average Bonchev–Trinajstić information content (AvgIpc) is 3.07. The lowest BCUT2D eigenvalue weighted by Crippen LogP contribution is -2.31. The summed E-state index contributed by atoms with van der Waals surface area (Å²) >= 11 is 0. The Morgan fingerprint density at radius 3 is 2.69 bits per heavy atom. The predicted molar refractivity (Wildman–Crippen MR) is 99.4 cm³/mol. The third kappa shape index (κ3) is 2.78. The van der Waals surface area contributed by atoms with Gasteiger partial charge in [0, 0.05) is 25.8 Å². The molecule has 1 spiro atoms. The highest BCUT2D eigenvalue weighted by Gasteiger charge is 2.38. The number of rotatable bonds is 1. The zero-order valence-corrected chi connectivity index (χ0v) is 15.2. The molecule has 0 amide bonds. The maximum Gasteiger partial charge on any atom is 0.261 e. The van der Waals surface area contributed by atoms with Crippen LogP contribution in [0.2, 0.25) is 0 Å². The molecule has 26 heavy (non-hydrogen) atoms. The van der Waals surface area contributed by atoms with E-state index in [-0.39, 0.29) is 5.56 Å². The van der Waals surface area contributed by atoms with E-state index < -0.39 is 5.79 Å². The largest absolute Gasteiger partial charge is 0.347 e. The van der Waals surface area contributed by atoms with Crippen LogP contribution in [0.1, 0.15) is 62.3 Å². The van der Waals surface area contributed by atoms with E-state index in [2.05, 4.69) is 12.1 Å². The van der Waals surface area contributed by atoms with Gasteiger partial charge in [-0.1, -0.05) is 25.3 Å². The van der Waals surface area contributed by atoms with Gasteiger partial charge in [0.05, 0.1) is 24.1 Å². The van der Waals surface area contributed by atoms with Gasteiger partial charge in [0.1, 0.15) is 5.82 Å². The van der Waals surface area contributed by atoms with E-state index in [9.17, 15) is 4.79 Å². The van der Waals surface area contributed by atoms with Crippen LogP contribution in [0, 0.1) is 0 Å². The molecule has 3 aliphatic rings. The second-order valence-electron chi connectivity index (χ2n) is 7.95. The van der Waals surface area contributed by atoms with Crippen molar-refractivity contribution in [3.05, 3.63) is 39.9 Å². The number of fused-ring (bicyclic) bond motifs is 2. The summed E-state index contributed by atoms with van der Waals surface area (Å²) in [7, 11) is 0. The molecule has 1 aromatic heterocycles. The Labute approximate surface area is 153 Å². The summed E-state index contributed by atoms with van der Waals surface area (Å²) in [6.07, 6.45) is 8.69. The highest BCUT2D eigenvalue weighted by Crippen LogP contribution is 2.34. The number of ether oxygens (including phenoxy) is 2. The molecule has 5 nitrogen and oxygen atoms in total. The molecule has 0 atom stereocenters. The fourth-order valence-corrected chi connectivity index (χ4v) is 4.89. The van der Waals surface area contributed by atoms with Gasteiger partial charge in [-0.3, -0.25) is 9.36 Å². The number of benzene rings is 1. The lowest BCUT2D eigenvalue weighted by atomic mass is 9.84. The third-order valence-electron chi connectivity index (χ3n) is 6.39. The van der Waals surface area contributed by atoms with Crippen molar-refractivity contribution in [2.24, 2.45) is 0 Å². The molecule has 1 saturated heterocycles. The van der Waals surface area contributed by atoms with Crippen LogP contribution < -0.4 is 5.56 Å². The van der Waals surface area contributed by atoms with Gasteiger partial charge in [0.25, 0.3) is 5.56 Å². The van der Waals surface area contributed by atoms with E-state index in [1.807, 2.05) is 10.6 Å². The van der Waals surface area contributed by atoms with Crippen molar-refractivity contribution in [2.45, 2.75) is 69.6 Å². The summed E-state index contributed by atoms with van der Waals surface area (Å²) in [6, 6.07) is 6.30. The lowest BCUT2D eigenvalue weighted by Gasteiger charge is -2.24. The van der Waals surface area contributed by atoms with Crippen LogP contribution in [0.4, 0.5) is 0 Å². The van der Waals surface area contributed by atoms with Gasteiger partial charge in [0.2, 0.25) is 0 Å². The molecule has 0 unspecified atom stereocenters. The Hall–Kier alpha value is -1.72. The first-order valence-corrected chi connectivity index (χ1v) is 10.1. The second kappa shape index (κ2) is 6.46. The first-order chi connectivity index (χ1) is 12.7. The van der Waals surface area contributed by atoms with Crippen molar-refractivity contribution in [2.75, 3.05) is 13.2 Å². The SMILES string of the molecule is O=c1c2ccc(C3CCCCC3)cc2nc2n1CCC1(CC2)OCCO1. The van der Waals surface area contributed by atoms with Crippen LogP contribution >= 0.6 is 0 Å². The minimum Gasteiger partial charge on any atom is -0.347 e. The monoisotopic (exact) mass is 354 g/mol. The molecule has 2 fully saturated rings. The molecule has 0 radical (unpaired) electrons. The fourth-order valence-electron chi connectivity index (χ4n) is 4.89. The summed E-state index contributed by atoms with van der Waals surface area (Å²) in [5.74, 6) is 0.985. The number of aromatic nitrogens is 2. The second-order valence-corrected chi connectivity index (χ2v) is 7.95. The first-order valence-electron chi connectivity index (χ1n) is 10.1. The van der Waals surface area contributed by atoms with Crippen molar-refractivity contribution in [3.63, 3.8) is 0 Å². The van der Waals surface area contributed by atoms with Crippen LogP contribution in [-0.2, 0) is 22.4 Å². The van der Waals surface area contributed by atoms with Gasteiger partial charge in [-0.15, -0.1) is 0 Å². The van der Waals surface area contributed by atoms with E-state index in [0.717, 1.165) is 29.6 Å². The molecule has 5 rings (SSSR count). The van der Waals surface area contributed by atoms with E-state index in [0.29, 0.717) is 32.1 Å². The van der Waals surface area contributed by atoms with Crippen molar-refractivity contribution in [3.8, 4) is 0 Å². The van der Waals surface area contributed by atoms with Gasteiger partial charge in [-0.2, -0.15) is 0 Å². The average molecular weight is 354 g/mol. The molecule has 1 aliphatic carbocycles. The number of nitrogens with zero attached hydrogens (tertiary/aromatic N) is 2. The highest BCUT2D eigenvalue weighted by atomic mass is 16.7. The molecule has 3 heterocycles. The van der Waals surface area contributed by atoms with Crippen LogP contribution in [0.25, 0.3) is 10.9 Å². The molecule has 2 aromatic rings. The summed E-state index contributed by atoms with van der Waals surface area (Å²) in [6.45, 7) is 1.90. The number of hydrogen-bond acceptors (Lipinski definition) is 4. The van der Waals surface area contributed by atoms with Crippen LogP contribution in [0.15, 0.2) is 23.0 Å². The Morgan fingerprint density at radius 2 is 1.88 bits per heavy atom. The minimum atomic E-state index is -0.514. The minimum absolute atomic E-state index is 0.0789. The smallest absolute Gasteiger partial charge is 0.261 e. The third-order valence-corrected chi connectivity index (χ3v) is 6.39. The van der Waals surface area contributed by atoms with Gasteiger partial charge in [-0.05, 0) is 36.5 Å². The van der Waals surface area contributed by atoms with E-state index >= 15 is 0 Å². The zero-order valence-electron chi connectivity index (χ0n) is 15.2. The van der Waals surface area contributed by atoms with Gasteiger partial charge >= 0.3 is 0 Å². The Balaban J connectivity index is 1.53. The summed E-state index contributed by atoms with van der Waals surface area (Å²) in [4.78, 5) is 18.0. The molecule has 138 valence electrons. The van der Waals surface area contributed by atoms with Crippen LogP contribution in [0.5, 0.6) is 0 Å². The topological polar surface area (TPSA) is 53.4 Å². The molecular weight excluding hydrogens is 328 g/mol. The van der Waals surface area contributed by atoms with Gasteiger partial charge < -0.3 is 9.47 Å². The number of hydrogen-bond donors (Lipinski definition) is 0. The Bertz CT molecular complexity index is 877. The molecule has 1 aromatic carbocycles. The maximum atomic E-state index is 13.1. The lowest BCUT2D eigenvalue weighted by molar-refractivity contribution is -0.165.